The maximum atomic E-state index is 12.9. The summed E-state index contributed by atoms with van der Waals surface area (Å²) in [6.07, 6.45) is -2.89. The van der Waals surface area contributed by atoms with E-state index in [1.807, 2.05) is 36.4 Å². The molecule has 0 saturated carbocycles. The summed E-state index contributed by atoms with van der Waals surface area (Å²) in [4.78, 5) is 17.1. The molecule has 4 aromatic rings. The van der Waals surface area contributed by atoms with E-state index in [2.05, 4.69) is 46.4 Å². The Balaban J connectivity index is 1.32. The number of urea groups is 1. The zero-order valence-electron chi connectivity index (χ0n) is 21.0. The van der Waals surface area contributed by atoms with Gasteiger partial charge in [0.25, 0.3) is 0 Å². The summed E-state index contributed by atoms with van der Waals surface area (Å²) in [7, 11) is 0. The van der Waals surface area contributed by atoms with Gasteiger partial charge in [0, 0.05) is 35.7 Å². The highest BCUT2D eigenvalue weighted by Gasteiger charge is 2.30. The number of nitrogens with zero attached hydrogens (tertiary/aromatic N) is 2. The number of aromatic nitrogens is 2. The molecule has 1 heterocycles. The van der Waals surface area contributed by atoms with Gasteiger partial charge >= 0.3 is 12.2 Å². The van der Waals surface area contributed by atoms with Crippen LogP contribution < -0.4 is 10.6 Å². The molecule has 0 radical (unpaired) electrons. The van der Waals surface area contributed by atoms with Crippen molar-refractivity contribution >= 4 is 23.5 Å². The van der Waals surface area contributed by atoms with Crippen LogP contribution in [0.1, 0.15) is 25.3 Å². The first-order valence-corrected chi connectivity index (χ1v) is 13.4. The number of hydrogen-bond donors (Lipinski definition) is 2. The average Bonchev–Trinajstić information content (AvgIpc) is 3.30. The molecule has 38 heavy (non-hydrogen) atoms. The van der Waals surface area contributed by atoms with Gasteiger partial charge in [-0.2, -0.15) is 13.2 Å². The molecular weight excluding hydrogens is 509 g/mol. The number of halogens is 3. The van der Waals surface area contributed by atoms with Gasteiger partial charge in [0.05, 0.1) is 17.0 Å². The van der Waals surface area contributed by atoms with Crippen LogP contribution in [0.2, 0.25) is 0 Å². The first kappa shape index (κ1) is 27.3. The molecule has 0 fully saturated rings. The van der Waals surface area contributed by atoms with Crippen molar-refractivity contribution in [1.29, 1.82) is 0 Å². The minimum atomic E-state index is -4.46. The number of thioether (sulfide) groups is 1. The van der Waals surface area contributed by atoms with Crippen LogP contribution in [-0.4, -0.2) is 27.9 Å². The Morgan fingerprint density at radius 3 is 2.26 bits per heavy atom. The lowest BCUT2D eigenvalue weighted by molar-refractivity contribution is -0.137. The Bertz CT molecular complexity index is 1340. The number of carbonyl (C=O) groups is 1. The molecule has 1 aromatic heterocycles. The van der Waals surface area contributed by atoms with Gasteiger partial charge in [-0.3, -0.25) is 0 Å². The number of alkyl halides is 3. The van der Waals surface area contributed by atoms with Crippen LogP contribution in [0.3, 0.4) is 0 Å². The molecule has 198 valence electrons. The lowest BCUT2D eigenvalue weighted by atomic mass is 10.0. The fourth-order valence-electron chi connectivity index (χ4n) is 4.06. The molecular formula is C29H29F3N4OS. The summed E-state index contributed by atoms with van der Waals surface area (Å²) in [5, 5.41) is 6.11. The normalized spacial score (nSPS) is 11.4. The molecule has 0 aliphatic heterocycles. The van der Waals surface area contributed by atoms with Crippen LogP contribution in [0.4, 0.5) is 23.7 Å². The molecule has 0 aliphatic carbocycles. The van der Waals surface area contributed by atoms with E-state index in [1.54, 1.807) is 11.8 Å². The van der Waals surface area contributed by atoms with Gasteiger partial charge in [0.1, 0.15) is 0 Å². The molecule has 5 nitrogen and oxygen atoms in total. The van der Waals surface area contributed by atoms with E-state index < -0.39 is 17.8 Å². The molecule has 0 spiro atoms. The monoisotopic (exact) mass is 538 g/mol. The third-order valence-corrected chi connectivity index (χ3v) is 6.94. The first-order valence-electron chi connectivity index (χ1n) is 12.4. The highest BCUT2D eigenvalue weighted by atomic mass is 32.2. The minimum absolute atomic E-state index is 0.0997. The van der Waals surface area contributed by atoms with Crippen molar-refractivity contribution < 1.29 is 18.0 Å². The maximum Gasteiger partial charge on any atom is 0.416 e. The Hall–Kier alpha value is -3.72. The SMILES string of the molecule is CCn1c(SCCCCNC(=O)Nc2cccc(C(F)(F)F)c2)nc(-c2ccccc2)c1-c1ccccc1. The number of imidazole rings is 1. The predicted molar refractivity (Wildman–Crippen MR) is 147 cm³/mol. The Morgan fingerprint density at radius 1 is 0.921 bits per heavy atom. The van der Waals surface area contributed by atoms with Crippen LogP contribution in [-0.2, 0) is 12.7 Å². The van der Waals surface area contributed by atoms with E-state index in [4.69, 9.17) is 4.98 Å². The molecule has 0 saturated heterocycles. The quantitative estimate of drug-likeness (QED) is 0.159. The summed E-state index contributed by atoms with van der Waals surface area (Å²) < 4.78 is 40.8. The van der Waals surface area contributed by atoms with Crippen LogP contribution in [0.5, 0.6) is 0 Å². The van der Waals surface area contributed by atoms with E-state index >= 15 is 0 Å². The molecule has 0 unspecified atom stereocenters. The highest BCUT2D eigenvalue weighted by Crippen LogP contribution is 2.36. The number of amides is 2. The topological polar surface area (TPSA) is 59.0 Å². The van der Waals surface area contributed by atoms with Crippen LogP contribution in [0.15, 0.2) is 90.1 Å². The van der Waals surface area contributed by atoms with E-state index in [9.17, 15) is 18.0 Å². The Morgan fingerprint density at radius 2 is 1.61 bits per heavy atom. The molecule has 0 atom stereocenters. The summed E-state index contributed by atoms with van der Waals surface area (Å²) in [5.74, 6) is 0.816. The van der Waals surface area contributed by atoms with Gasteiger partial charge in [-0.1, -0.05) is 78.5 Å². The third kappa shape index (κ3) is 6.98. The highest BCUT2D eigenvalue weighted by molar-refractivity contribution is 7.99. The van der Waals surface area contributed by atoms with E-state index in [1.165, 1.54) is 12.1 Å². The standard InChI is InChI=1S/C29H29F3N4OS/c1-2-36-26(22-14-7-4-8-15-22)25(21-12-5-3-6-13-21)35-28(36)38-19-10-9-18-33-27(37)34-24-17-11-16-23(20-24)29(30,31)32/h3-8,11-17,20H,2,9-10,18-19H2,1H3,(H2,33,34,37). The number of hydrogen-bond acceptors (Lipinski definition) is 3. The number of rotatable bonds is 10. The number of anilines is 1. The average molecular weight is 539 g/mol. The summed E-state index contributed by atoms with van der Waals surface area (Å²) in [6.45, 7) is 3.31. The van der Waals surface area contributed by atoms with Gasteiger partial charge in [0.2, 0.25) is 0 Å². The summed E-state index contributed by atoms with van der Waals surface area (Å²) in [5.41, 5.74) is 3.52. The smallest absolute Gasteiger partial charge is 0.338 e. The fourth-order valence-corrected chi connectivity index (χ4v) is 5.13. The Kier molecular flexibility index (Phi) is 9.12. The second-order valence-corrected chi connectivity index (χ2v) is 9.65. The lowest BCUT2D eigenvalue weighted by Gasteiger charge is -2.11. The van der Waals surface area contributed by atoms with Crippen molar-refractivity contribution in [1.82, 2.24) is 14.9 Å². The van der Waals surface area contributed by atoms with E-state index in [0.717, 1.165) is 64.9 Å². The number of carbonyl (C=O) groups excluding carboxylic acids is 1. The van der Waals surface area contributed by atoms with Crippen molar-refractivity contribution in [3.05, 3.63) is 90.5 Å². The Labute approximate surface area is 224 Å². The molecule has 0 aliphatic rings. The zero-order valence-corrected chi connectivity index (χ0v) is 21.8. The van der Waals surface area contributed by atoms with Crippen molar-refractivity contribution in [2.75, 3.05) is 17.6 Å². The van der Waals surface area contributed by atoms with Gasteiger partial charge < -0.3 is 15.2 Å². The van der Waals surface area contributed by atoms with Gasteiger partial charge in [-0.05, 0) is 38.0 Å². The molecule has 9 heteroatoms. The number of nitrogens with one attached hydrogen (secondary N) is 2. The largest absolute Gasteiger partial charge is 0.416 e. The second-order valence-electron chi connectivity index (χ2n) is 8.58. The van der Waals surface area contributed by atoms with Gasteiger partial charge in [-0.25, -0.2) is 9.78 Å². The van der Waals surface area contributed by atoms with Gasteiger partial charge in [-0.15, -0.1) is 0 Å². The fraction of sp³-hybridized carbons (Fsp3) is 0.241. The number of unbranched alkanes of at least 4 members (excludes halogenated alkanes) is 1. The van der Waals surface area contributed by atoms with Crippen molar-refractivity contribution in [2.45, 2.75) is 37.6 Å². The third-order valence-electron chi connectivity index (χ3n) is 5.88. The van der Waals surface area contributed by atoms with Crippen LogP contribution >= 0.6 is 11.8 Å². The summed E-state index contributed by atoms with van der Waals surface area (Å²) in [6, 6.07) is 24.5. The lowest BCUT2D eigenvalue weighted by Crippen LogP contribution is -2.29. The summed E-state index contributed by atoms with van der Waals surface area (Å²) >= 11 is 1.68. The van der Waals surface area contributed by atoms with E-state index in [0.29, 0.717) is 6.54 Å². The van der Waals surface area contributed by atoms with Crippen molar-refractivity contribution in [3.63, 3.8) is 0 Å². The molecule has 2 amide bonds. The second kappa shape index (κ2) is 12.7. The molecule has 4 rings (SSSR count). The molecule has 3 aromatic carbocycles. The zero-order chi connectivity index (χ0) is 27.0. The molecule has 0 bridgehead atoms. The van der Waals surface area contributed by atoms with Crippen LogP contribution in [0.25, 0.3) is 22.5 Å². The van der Waals surface area contributed by atoms with E-state index in [-0.39, 0.29) is 5.69 Å². The van der Waals surface area contributed by atoms with Crippen molar-refractivity contribution in [2.24, 2.45) is 0 Å². The first-order chi connectivity index (χ1) is 18.4. The molecule has 2 N–H and O–H groups in total. The van der Waals surface area contributed by atoms with Crippen molar-refractivity contribution in [3.8, 4) is 22.5 Å². The minimum Gasteiger partial charge on any atom is -0.338 e. The van der Waals surface area contributed by atoms with Gasteiger partial charge in [0.15, 0.2) is 5.16 Å². The number of benzene rings is 3. The maximum absolute atomic E-state index is 12.9. The predicted octanol–water partition coefficient (Wildman–Crippen LogP) is 7.95. The van der Waals surface area contributed by atoms with Crippen LogP contribution in [0, 0.1) is 0 Å².